The lowest BCUT2D eigenvalue weighted by atomic mass is 10.2. The van der Waals surface area contributed by atoms with Gasteiger partial charge in [0, 0.05) is 13.5 Å². The van der Waals surface area contributed by atoms with E-state index in [1.807, 2.05) is 0 Å². The molecule has 2 rings (SSSR count). The highest BCUT2D eigenvalue weighted by molar-refractivity contribution is 5.94. The predicted molar refractivity (Wildman–Crippen MR) is 127 cm³/mol. The summed E-state index contributed by atoms with van der Waals surface area (Å²) in [5, 5.41) is 9.28. The zero-order valence-electron chi connectivity index (χ0n) is 20.4. The molecule has 0 aliphatic heterocycles. The van der Waals surface area contributed by atoms with Crippen molar-refractivity contribution in [1.82, 2.24) is 0 Å². The fourth-order valence-corrected chi connectivity index (χ4v) is 2.83. The molecule has 0 aliphatic carbocycles. The molecule has 0 unspecified atom stereocenters. The second-order valence-electron chi connectivity index (χ2n) is 7.36. The van der Waals surface area contributed by atoms with Crippen molar-refractivity contribution in [1.29, 1.82) is 0 Å². The van der Waals surface area contributed by atoms with Crippen LogP contribution in [0.3, 0.4) is 0 Å². The molecule has 0 saturated heterocycles. The molecule has 2 aromatic carbocycles. The number of hydrogen-bond acceptors (Lipinski definition) is 13. The Morgan fingerprint density at radius 2 is 1.61 bits per heavy atom. The average molecular weight is 534 g/mol. The number of esters is 4. The van der Waals surface area contributed by atoms with Gasteiger partial charge in [-0.1, -0.05) is 12.1 Å². The van der Waals surface area contributed by atoms with Gasteiger partial charge in [-0.2, -0.15) is 0 Å². The van der Waals surface area contributed by atoms with Crippen molar-refractivity contribution in [2.45, 2.75) is 26.2 Å². The number of ether oxygens (including phenoxy) is 5. The molecule has 0 aliphatic rings. The Bertz CT molecular complexity index is 1150. The number of para-hydroxylation sites is 1. The monoisotopic (exact) mass is 534 g/mol. The first-order valence-electron chi connectivity index (χ1n) is 11.3. The number of carbonyl (C=O) groups is 4. The molecule has 0 fully saturated rings. The summed E-state index contributed by atoms with van der Waals surface area (Å²) in [7, 11) is 0. The Morgan fingerprint density at radius 3 is 2.32 bits per heavy atom. The fourth-order valence-electron chi connectivity index (χ4n) is 2.83. The smallest absolute Gasteiger partial charge is 0.344 e. The van der Waals surface area contributed by atoms with Gasteiger partial charge in [-0.05, 0) is 43.2 Å². The molecule has 0 atom stereocenters. The van der Waals surface area contributed by atoms with E-state index in [-0.39, 0.29) is 54.6 Å². The molecule has 38 heavy (non-hydrogen) atoms. The van der Waals surface area contributed by atoms with Gasteiger partial charge in [0.15, 0.2) is 11.5 Å². The Balaban J connectivity index is 2.00. The number of unbranched alkanes of at least 4 members (excludes halogenated alkanes) is 1. The lowest BCUT2D eigenvalue weighted by Crippen LogP contribution is -2.16. The first-order chi connectivity index (χ1) is 18.2. The molecule has 0 bridgehead atoms. The van der Waals surface area contributed by atoms with Gasteiger partial charge in [0.05, 0.1) is 25.2 Å². The Kier molecular flexibility index (Phi) is 12.0. The van der Waals surface area contributed by atoms with E-state index in [4.69, 9.17) is 29.4 Å². The van der Waals surface area contributed by atoms with Crippen molar-refractivity contribution < 1.29 is 52.8 Å². The maximum atomic E-state index is 12.5. The highest BCUT2D eigenvalue weighted by Crippen LogP contribution is 2.29. The molecule has 204 valence electrons. The third kappa shape index (κ3) is 10.1. The van der Waals surface area contributed by atoms with Gasteiger partial charge in [0.1, 0.15) is 11.3 Å². The second kappa shape index (κ2) is 15.4. The topological polar surface area (TPSA) is 193 Å². The average Bonchev–Trinajstić information content (AvgIpc) is 2.86. The number of nitrogens with two attached hydrogens (primary N) is 1. The minimum atomic E-state index is -0.898. The second-order valence-corrected chi connectivity index (χ2v) is 7.36. The van der Waals surface area contributed by atoms with Crippen LogP contribution in [0.1, 0.15) is 46.9 Å². The van der Waals surface area contributed by atoms with Crippen molar-refractivity contribution in [2.75, 3.05) is 26.6 Å². The Labute approximate surface area is 216 Å². The Morgan fingerprint density at radius 1 is 0.895 bits per heavy atom. The van der Waals surface area contributed by atoms with Crippen LogP contribution in [0.4, 0.5) is 0 Å². The van der Waals surface area contributed by atoms with Crippen LogP contribution in [-0.4, -0.2) is 55.5 Å². The zero-order chi connectivity index (χ0) is 27.9. The summed E-state index contributed by atoms with van der Waals surface area (Å²) in [5.41, 5.74) is 5.29. The first kappa shape index (κ1) is 29.5. The lowest BCUT2D eigenvalue weighted by molar-refractivity contribution is -0.757. The summed E-state index contributed by atoms with van der Waals surface area (Å²) in [6.45, 7) is 0.491. The van der Waals surface area contributed by atoms with E-state index in [9.17, 15) is 29.3 Å². The number of benzene rings is 2. The van der Waals surface area contributed by atoms with E-state index in [1.165, 1.54) is 43.3 Å². The van der Waals surface area contributed by atoms with Crippen LogP contribution in [0.5, 0.6) is 17.2 Å². The van der Waals surface area contributed by atoms with E-state index in [2.05, 4.69) is 4.84 Å². The highest BCUT2D eigenvalue weighted by atomic mass is 16.9. The summed E-state index contributed by atoms with van der Waals surface area (Å²) < 4.78 is 25.7. The SMILES string of the molecule is CC(=O)Oc1ccccc1C(=O)OCOC(=O)c1ccc(OCCCCO[N+](=O)[O-])c(OC(=O)CCN)c1. The van der Waals surface area contributed by atoms with Crippen LogP contribution in [0, 0.1) is 10.1 Å². The maximum absolute atomic E-state index is 12.5. The van der Waals surface area contributed by atoms with Crippen molar-refractivity contribution in [3.8, 4) is 17.2 Å². The third-order valence-corrected chi connectivity index (χ3v) is 4.49. The van der Waals surface area contributed by atoms with Crippen LogP contribution in [0.25, 0.3) is 0 Å². The van der Waals surface area contributed by atoms with Crippen LogP contribution in [0.2, 0.25) is 0 Å². The van der Waals surface area contributed by atoms with E-state index < -0.39 is 35.8 Å². The van der Waals surface area contributed by atoms with Crippen LogP contribution >= 0.6 is 0 Å². The lowest BCUT2D eigenvalue weighted by Gasteiger charge is -2.13. The van der Waals surface area contributed by atoms with Gasteiger partial charge in [0.25, 0.3) is 5.09 Å². The summed E-state index contributed by atoms with van der Waals surface area (Å²) >= 11 is 0. The third-order valence-electron chi connectivity index (χ3n) is 4.49. The summed E-state index contributed by atoms with van der Waals surface area (Å²) in [4.78, 5) is 62.4. The molecule has 14 heteroatoms. The quantitative estimate of drug-likeness (QED) is 0.0873. The van der Waals surface area contributed by atoms with Crippen molar-refractivity contribution in [3.05, 3.63) is 63.7 Å². The molecule has 0 aromatic heterocycles. The minimum absolute atomic E-state index is 0.0128. The summed E-state index contributed by atoms with van der Waals surface area (Å²) in [6.07, 6.45) is 0.661. The van der Waals surface area contributed by atoms with E-state index in [1.54, 1.807) is 6.07 Å². The normalized spacial score (nSPS) is 10.2. The van der Waals surface area contributed by atoms with E-state index in [0.29, 0.717) is 12.8 Å². The molecule has 0 amide bonds. The summed E-state index contributed by atoms with van der Waals surface area (Å²) in [6, 6.07) is 9.79. The van der Waals surface area contributed by atoms with Crippen LogP contribution in [0.15, 0.2) is 42.5 Å². The van der Waals surface area contributed by atoms with Crippen molar-refractivity contribution in [3.63, 3.8) is 0 Å². The molecule has 0 saturated carbocycles. The van der Waals surface area contributed by atoms with Gasteiger partial charge in [-0.15, -0.1) is 10.1 Å². The molecule has 0 spiro atoms. The van der Waals surface area contributed by atoms with Crippen molar-refractivity contribution in [2.24, 2.45) is 5.73 Å². The number of hydrogen-bond donors (Lipinski definition) is 1. The van der Waals surface area contributed by atoms with Crippen LogP contribution < -0.4 is 19.9 Å². The molecular weight excluding hydrogens is 508 g/mol. The van der Waals surface area contributed by atoms with Gasteiger partial charge < -0.3 is 34.3 Å². The van der Waals surface area contributed by atoms with E-state index >= 15 is 0 Å². The number of carbonyl (C=O) groups excluding carboxylic acids is 4. The molecule has 0 radical (unpaired) electrons. The summed E-state index contributed by atoms with van der Waals surface area (Å²) in [5.74, 6) is -3.04. The molecule has 2 N–H and O–H groups in total. The largest absolute Gasteiger partial charge is 0.490 e. The van der Waals surface area contributed by atoms with Gasteiger partial charge >= 0.3 is 23.9 Å². The number of nitrogens with zero attached hydrogens (tertiary/aromatic N) is 1. The Hall–Kier alpha value is -4.72. The van der Waals surface area contributed by atoms with Crippen LogP contribution in [-0.2, 0) is 23.9 Å². The standard InChI is InChI=1S/C24H26N2O12/c1-16(27)37-19-7-3-2-6-18(19)24(30)35-15-34-23(29)17-8-9-20(21(14-17)38-22(28)10-11-25)33-12-4-5-13-36-26(31)32/h2-3,6-9,14H,4-5,10-13,15,25H2,1H3. The van der Waals surface area contributed by atoms with E-state index in [0.717, 1.165) is 0 Å². The minimum Gasteiger partial charge on any atom is -0.490 e. The van der Waals surface area contributed by atoms with Gasteiger partial charge in [0.2, 0.25) is 6.79 Å². The highest BCUT2D eigenvalue weighted by Gasteiger charge is 2.18. The van der Waals surface area contributed by atoms with Gasteiger partial charge in [-0.25, -0.2) is 9.59 Å². The fraction of sp³-hybridized carbons (Fsp3) is 0.333. The molecular formula is C24H26N2O12. The molecule has 0 heterocycles. The number of rotatable bonds is 15. The predicted octanol–water partition coefficient (Wildman–Crippen LogP) is 2.20. The maximum Gasteiger partial charge on any atom is 0.344 e. The molecule has 14 nitrogen and oxygen atoms in total. The van der Waals surface area contributed by atoms with Crippen molar-refractivity contribution >= 4 is 23.9 Å². The van der Waals surface area contributed by atoms with Gasteiger partial charge in [-0.3, -0.25) is 9.59 Å². The molecule has 2 aromatic rings. The first-order valence-corrected chi connectivity index (χ1v) is 11.3. The zero-order valence-corrected chi connectivity index (χ0v) is 20.4.